The Morgan fingerprint density at radius 1 is 1.53 bits per heavy atom. The molecule has 4 nitrogen and oxygen atoms in total. The molecule has 19 heavy (non-hydrogen) atoms. The van der Waals surface area contributed by atoms with Crippen molar-refractivity contribution in [2.24, 2.45) is 11.7 Å². The lowest BCUT2D eigenvalue weighted by molar-refractivity contribution is -0.128. The van der Waals surface area contributed by atoms with Crippen molar-refractivity contribution in [1.82, 2.24) is 10.2 Å². The van der Waals surface area contributed by atoms with Crippen LogP contribution in [0.15, 0.2) is 0 Å². The molecule has 0 aromatic rings. The summed E-state index contributed by atoms with van der Waals surface area (Å²) in [6, 6.07) is 0.217. The van der Waals surface area contributed by atoms with Gasteiger partial charge in [-0.1, -0.05) is 13.8 Å². The first kappa shape index (κ1) is 18.7. The number of piperidine rings is 1. The van der Waals surface area contributed by atoms with E-state index in [0.29, 0.717) is 5.92 Å². The van der Waals surface area contributed by atoms with E-state index >= 15 is 0 Å². The minimum Gasteiger partial charge on any atom is -0.350 e. The molecule has 1 saturated heterocycles. The molecule has 3 atom stereocenters. The molecule has 5 heteroatoms. The molecule has 0 spiro atoms. The average Bonchev–Trinajstić information content (AvgIpc) is 2.31. The summed E-state index contributed by atoms with van der Waals surface area (Å²) >= 11 is 0. The van der Waals surface area contributed by atoms with E-state index in [-0.39, 0.29) is 35.9 Å². The molecule has 0 aliphatic carbocycles. The van der Waals surface area contributed by atoms with Crippen molar-refractivity contribution in [1.29, 1.82) is 0 Å². The summed E-state index contributed by atoms with van der Waals surface area (Å²) in [4.78, 5) is 14.5. The van der Waals surface area contributed by atoms with E-state index in [9.17, 15) is 4.79 Å². The Balaban J connectivity index is 0.00000324. The van der Waals surface area contributed by atoms with E-state index in [0.717, 1.165) is 25.9 Å². The number of carbonyl (C=O) groups is 1. The van der Waals surface area contributed by atoms with Crippen LogP contribution in [0.2, 0.25) is 0 Å². The zero-order valence-electron chi connectivity index (χ0n) is 12.9. The number of likely N-dealkylation sites (tertiary alicyclic amines) is 1. The number of amides is 1. The Labute approximate surface area is 123 Å². The predicted molar refractivity (Wildman–Crippen MR) is 82.6 cm³/mol. The summed E-state index contributed by atoms with van der Waals surface area (Å²) in [6.45, 7) is 12.2. The molecule has 3 N–H and O–H groups in total. The van der Waals surface area contributed by atoms with Gasteiger partial charge in [-0.2, -0.15) is 0 Å². The van der Waals surface area contributed by atoms with Crippen LogP contribution in [0.5, 0.6) is 0 Å². The van der Waals surface area contributed by atoms with Gasteiger partial charge in [0.05, 0.1) is 6.04 Å². The number of halogens is 1. The molecule has 1 aliphatic rings. The molecular formula is C14H30ClN3O. The molecule has 0 radical (unpaired) electrons. The van der Waals surface area contributed by atoms with Gasteiger partial charge in [-0.3, -0.25) is 9.69 Å². The summed E-state index contributed by atoms with van der Waals surface area (Å²) in [5.74, 6) is 0.595. The normalized spacial score (nSPS) is 26.4. The Hall–Kier alpha value is -0.320. The first-order valence-corrected chi connectivity index (χ1v) is 7.08. The maximum atomic E-state index is 12.2. The molecule has 1 heterocycles. The summed E-state index contributed by atoms with van der Waals surface area (Å²) in [7, 11) is 0. The number of rotatable bonds is 4. The van der Waals surface area contributed by atoms with Gasteiger partial charge in [-0.15, -0.1) is 12.4 Å². The van der Waals surface area contributed by atoms with Crippen LogP contribution in [0.3, 0.4) is 0 Å². The monoisotopic (exact) mass is 291 g/mol. The van der Waals surface area contributed by atoms with E-state index < -0.39 is 0 Å². The second-order valence-corrected chi connectivity index (χ2v) is 6.33. The van der Waals surface area contributed by atoms with Gasteiger partial charge in [-0.05, 0) is 39.5 Å². The SMILES string of the molecule is CCC(C)(C)NC(=O)C(C)N1CCC(N)C(C)C1.Cl. The zero-order chi connectivity index (χ0) is 13.9. The van der Waals surface area contributed by atoms with Crippen LogP contribution in [0.4, 0.5) is 0 Å². The van der Waals surface area contributed by atoms with Gasteiger partial charge in [-0.25, -0.2) is 0 Å². The summed E-state index contributed by atoms with van der Waals surface area (Å²) in [5.41, 5.74) is 5.89. The highest BCUT2D eigenvalue weighted by Gasteiger charge is 2.30. The fourth-order valence-electron chi connectivity index (χ4n) is 2.24. The molecule has 1 rings (SSSR count). The zero-order valence-corrected chi connectivity index (χ0v) is 13.7. The second kappa shape index (κ2) is 7.46. The standard InChI is InChI=1S/C14H29N3O.ClH/c1-6-14(4,5)16-13(18)11(3)17-8-7-12(15)10(2)9-17;/h10-12H,6-9,15H2,1-5H3,(H,16,18);1H. The highest BCUT2D eigenvalue weighted by Crippen LogP contribution is 2.18. The molecule has 114 valence electrons. The van der Waals surface area contributed by atoms with Crippen LogP contribution in [0.25, 0.3) is 0 Å². The second-order valence-electron chi connectivity index (χ2n) is 6.33. The lowest BCUT2D eigenvalue weighted by Crippen LogP contribution is -2.56. The van der Waals surface area contributed by atoms with Crippen molar-refractivity contribution in [2.45, 2.75) is 65.1 Å². The smallest absolute Gasteiger partial charge is 0.237 e. The van der Waals surface area contributed by atoms with E-state index in [2.05, 4.69) is 37.9 Å². The lowest BCUT2D eigenvalue weighted by atomic mass is 9.93. The minimum atomic E-state index is -0.122. The van der Waals surface area contributed by atoms with Gasteiger partial charge in [0.1, 0.15) is 0 Å². The minimum absolute atomic E-state index is 0. The topological polar surface area (TPSA) is 58.4 Å². The first-order chi connectivity index (χ1) is 8.26. The van der Waals surface area contributed by atoms with Crippen LogP contribution >= 0.6 is 12.4 Å². The third kappa shape index (κ3) is 5.28. The fourth-order valence-corrected chi connectivity index (χ4v) is 2.24. The van der Waals surface area contributed by atoms with Crippen molar-refractivity contribution < 1.29 is 4.79 Å². The molecule has 0 bridgehead atoms. The van der Waals surface area contributed by atoms with E-state index in [1.807, 2.05) is 6.92 Å². The predicted octanol–water partition coefficient (Wildman–Crippen LogP) is 1.77. The number of hydrogen-bond donors (Lipinski definition) is 2. The van der Waals surface area contributed by atoms with Gasteiger partial charge in [0.15, 0.2) is 0 Å². The Kier molecular flexibility index (Phi) is 7.33. The van der Waals surface area contributed by atoms with E-state index in [1.165, 1.54) is 0 Å². The number of nitrogens with one attached hydrogen (secondary N) is 1. The van der Waals surface area contributed by atoms with Crippen molar-refractivity contribution in [3.05, 3.63) is 0 Å². The molecule has 3 unspecified atom stereocenters. The van der Waals surface area contributed by atoms with Gasteiger partial charge < -0.3 is 11.1 Å². The maximum absolute atomic E-state index is 12.2. The Bertz CT molecular complexity index is 296. The van der Waals surface area contributed by atoms with Gasteiger partial charge in [0, 0.05) is 24.7 Å². The van der Waals surface area contributed by atoms with Crippen LogP contribution in [-0.2, 0) is 4.79 Å². The Morgan fingerprint density at radius 2 is 2.11 bits per heavy atom. The van der Waals surface area contributed by atoms with Crippen molar-refractivity contribution in [3.8, 4) is 0 Å². The molecule has 1 fully saturated rings. The largest absolute Gasteiger partial charge is 0.350 e. The van der Waals surface area contributed by atoms with Crippen LogP contribution in [-0.4, -0.2) is 41.5 Å². The number of carbonyl (C=O) groups excluding carboxylic acids is 1. The number of hydrogen-bond acceptors (Lipinski definition) is 3. The number of nitrogens with zero attached hydrogens (tertiary/aromatic N) is 1. The summed E-state index contributed by atoms with van der Waals surface area (Å²) in [5, 5.41) is 3.12. The number of nitrogens with two attached hydrogens (primary N) is 1. The molecule has 1 aliphatic heterocycles. The van der Waals surface area contributed by atoms with E-state index in [4.69, 9.17) is 5.73 Å². The Morgan fingerprint density at radius 3 is 2.58 bits per heavy atom. The maximum Gasteiger partial charge on any atom is 0.237 e. The van der Waals surface area contributed by atoms with Crippen molar-refractivity contribution >= 4 is 18.3 Å². The fraction of sp³-hybridized carbons (Fsp3) is 0.929. The average molecular weight is 292 g/mol. The molecule has 0 aromatic heterocycles. The van der Waals surface area contributed by atoms with Crippen molar-refractivity contribution in [2.75, 3.05) is 13.1 Å². The highest BCUT2D eigenvalue weighted by molar-refractivity contribution is 5.85. The van der Waals surface area contributed by atoms with Gasteiger partial charge in [0.25, 0.3) is 0 Å². The highest BCUT2D eigenvalue weighted by atomic mass is 35.5. The van der Waals surface area contributed by atoms with Crippen LogP contribution < -0.4 is 11.1 Å². The third-order valence-corrected chi connectivity index (χ3v) is 4.28. The van der Waals surface area contributed by atoms with Gasteiger partial charge in [0.2, 0.25) is 5.91 Å². The van der Waals surface area contributed by atoms with Crippen LogP contribution in [0.1, 0.15) is 47.5 Å². The summed E-state index contributed by atoms with van der Waals surface area (Å²) in [6.07, 6.45) is 1.92. The molecule has 1 amide bonds. The first-order valence-electron chi connectivity index (χ1n) is 7.08. The third-order valence-electron chi connectivity index (χ3n) is 4.28. The van der Waals surface area contributed by atoms with Gasteiger partial charge >= 0.3 is 0 Å². The van der Waals surface area contributed by atoms with E-state index in [1.54, 1.807) is 0 Å². The quantitative estimate of drug-likeness (QED) is 0.830. The lowest BCUT2D eigenvalue weighted by Gasteiger charge is -2.39. The summed E-state index contributed by atoms with van der Waals surface area (Å²) < 4.78 is 0. The molecule has 0 saturated carbocycles. The van der Waals surface area contributed by atoms with Crippen molar-refractivity contribution in [3.63, 3.8) is 0 Å². The molecular weight excluding hydrogens is 262 g/mol. The van der Waals surface area contributed by atoms with Crippen LogP contribution in [0, 0.1) is 5.92 Å². The molecule has 0 aromatic carbocycles.